The van der Waals surface area contributed by atoms with Gasteiger partial charge in [-0.2, -0.15) is 5.10 Å². The van der Waals surface area contributed by atoms with Gasteiger partial charge in [0.15, 0.2) is 11.5 Å². The number of hydrazone groups is 1. The summed E-state index contributed by atoms with van der Waals surface area (Å²) in [5, 5.41) is 19.3. The number of hydrogen-bond donors (Lipinski definition) is 1. The molecule has 0 unspecified atom stereocenters. The highest BCUT2D eigenvalue weighted by molar-refractivity contribution is 7.12. The minimum absolute atomic E-state index is 0.0318. The average molecular weight is 408 g/mol. The third kappa shape index (κ3) is 2.89. The minimum atomic E-state index is -0.462. The number of methoxy groups -OCH3 is 2. The predicted octanol–water partition coefficient (Wildman–Crippen LogP) is 4.71. The third-order valence-corrected chi connectivity index (χ3v) is 6.21. The maximum absolute atomic E-state index is 10.3. The number of phenols is 1. The van der Waals surface area contributed by atoms with Crippen molar-refractivity contribution >= 4 is 17.0 Å². The second kappa shape index (κ2) is 7.00. The van der Waals surface area contributed by atoms with Crippen molar-refractivity contribution in [1.82, 2.24) is 5.01 Å². The Bertz CT molecular complexity index is 1060. The first-order valence-electron chi connectivity index (χ1n) is 9.29. The molecule has 29 heavy (non-hydrogen) atoms. The van der Waals surface area contributed by atoms with Gasteiger partial charge in [-0.15, -0.1) is 11.3 Å². The zero-order chi connectivity index (χ0) is 20.0. The number of aromatic hydroxyl groups is 1. The van der Waals surface area contributed by atoms with Gasteiger partial charge in [-0.1, -0.05) is 24.3 Å². The molecule has 0 spiro atoms. The molecule has 6 nitrogen and oxygen atoms in total. The van der Waals surface area contributed by atoms with Crippen molar-refractivity contribution in [2.45, 2.75) is 18.7 Å². The molecule has 3 aromatic rings. The van der Waals surface area contributed by atoms with E-state index in [-0.39, 0.29) is 11.8 Å². The first-order chi connectivity index (χ1) is 14.2. The van der Waals surface area contributed by atoms with Crippen molar-refractivity contribution in [3.8, 4) is 23.0 Å². The smallest absolute Gasteiger partial charge is 0.214 e. The number of phenolic OH excluding ortho intramolecular Hbond substituents is 1. The Morgan fingerprint density at radius 2 is 1.86 bits per heavy atom. The van der Waals surface area contributed by atoms with E-state index in [0.29, 0.717) is 11.5 Å². The SMILES string of the molecule is COc1cc([C@@H]2Oc3ccccc3[C@@H]3CC(c4cccs4)=NN32)cc(OC)c1O. The molecule has 0 bridgehead atoms. The molecule has 0 fully saturated rings. The number of rotatable bonds is 4. The lowest BCUT2D eigenvalue weighted by Gasteiger charge is -2.38. The van der Waals surface area contributed by atoms with Gasteiger partial charge in [0.25, 0.3) is 0 Å². The van der Waals surface area contributed by atoms with Gasteiger partial charge in [0.2, 0.25) is 12.0 Å². The molecule has 2 aliphatic rings. The summed E-state index contributed by atoms with van der Waals surface area (Å²) in [4.78, 5) is 1.16. The normalized spacial score (nSPS) is 19.8. The molecule has 0 radical (unpaired) electrons. The number of benzene rings is 2. The lowest BCUT2D eigenvalue weighted by molar-refractivity contribution is -0.0192. The van der Waals surface area contributed by atoms with Crippen molar-refractivity contribution in [3.05, 3.63) is 69.9 Å². The Kier molecular flexibility index (Phi) is 4.32. The van der Waals surface area contributed by atoms with E-state index >= 15 is 0 Å². The van der Waals surface area contributed by atoms with Crippen LogP contribution in [0.4, 0.5) is 0 Å². The molecule has 0 amide bonds. The van der Waals surface area contributed by atoms with Gasteiger partial charge in [0.05, 0.1) is 30.9 Å². The molecular formula is C22H20N2O4S. The summed E-state index contributed by atoms with van der Waals surface area (Å²) in [6, 6.07) is 15.8. The van der Waals surface area contributed by atoms with Crippen LogP contribution in [0.5, 0.6) is 23.0 Å². The largest absolute Gasteiger partial charge is 0.502 e. The summed E-state index contributed by atoms with van der Waals surface area (Å²) in [7, 11) is 3.03. The van der Waals surface area contributed by atoms with Gasteiger partial charge in [0, 0.05) is 17.5 Å². The predicted molar refractivity (Wildman–Crippen MR) is 111 cm³/mol. The first-order valence-corrected chi connectivity index (χ1v) is 10.2. The second-order valence-electron chi connectivity index (χ2n) is 6.91. The van der Waals surface area contributed by atoms with E-state index in [2.05, 4.69) is 17.5 Å². The molecule has 0 aliphatic carbocycles. The maximum atomic E-state index is 10.3. The van der Waals surface area contributed by atoms with E-state index < -0.39 is 6.23 Å². The standard InChI is InChI=1S/C22H20N2O4S/c1-26-18-10-13(11-19(27-2)21(18)25)22-24-16(14-6-3-4-7-17(14)28-22)12-15(23-24)20-8-5-9-29-20/h3-11,16,22,25H,12H2,1-2H3/t16-,22-/m0/s1. The second-order valence-corrected chi connectivity index (χ2v) is 7.85. The molecular weight excluding hydrogens is 388 g/mol. The van der Waals surface area contributed by atoms with E-state index in [1.165, 1.54) is 14.2 Å². The van der Waals surface area contributed by atoms with Crippen molar-refractivity contribution in [2.75, 3.05) is 14.2 Å². The number of nitrogens with zero attached hydrogens (tertiary/aromatic N) is 2. The monoisotopic (exact) mass is 408 g/mol. The summed E-state index contributed by atoms with van der Waals surface area (Å²) in [5.74, 6) is 1.48. The van der Waals surface area contributed by atoms with Crippen LogP contribution in [0.25, 0.3) is 0 Å². The van der Waals surface area contributed by atoms with Crippen LogP contribution < -0.4 is 14.2 Å². The topological polar surface area (TPSA) is 63.5 Å². The summed E-state index contributed by atoms with van der Waals surface area (Å²) in [6.07, 6.45) is 0.347. The molecule has 2 aromatic carbocycles. The first kappa shape index (κ1) is 17.9. The van der Waals surface area contributed by atoms with E-state index in [1.54, 1.807) is 23.5 Å². The molecule has 2 aliphatic heterocycles. The molecule has 1 aromatic heterocycles. The number of fused-ring (bicyclic) bond motifs is 3. The zero-order valence-corrected chi connectivity index (χ0v) is 16.8. The fraction of sp³-hybridized carbons (Fsp3) is 0.227. The van der Waals surface area contributed by atoms with Crippen molar-refractivity contribution in [3.63, 3.8) is 0 Å². The minimum Gasteiger partial charge on any atom is -0.502 e. The zero-order valence-electron chi connectivity index (χ0n) is 16.0. The van der Waals surface area contributed by atoms with Crippen LogP contribution in [0, 0.1) is 0 Å². The van der Waals surface area contributed by atoms with Crippen molar-refractivity contribution in [2.24, 2.45) is 5.10 Å². The summed E-state index contributed by atoms with van der Waals surface area (Å²) >= 11 is 1.69. The molecule has 1 N–H and O–H groups in total. The van der Waals surface area contributed by atoms with E-state index in [9.17, 15) is 5.11 Å². The fourth-order valence-corrected chi connectivity index (χ4v) is 4.62. The Morgan fingerprint density at radius 3 is 2.55 bits per heavy atom. The van der Waals surface area contributed by atoms with Crippen LogP contribution in [0.15, 0.2) is 59.0 Å². The summed E-state index contributed by atoms with van der Waals surface area (Å²) < 4.78 is 17.0. The average Bonchev–Trinajstić information content (AvgIpc) is 3.43. The Labute approximate surface area is 172 Å². The molecule has 3 heterocycles. The number of ether oxygens (including phenoxy) is 3. The fourth-order valence-electron chi connectivity index (χ4n) is 3.90. The van der Waals surface area contributed by atoms with Gasteiger partial charge in [-0.3, -0.25) is 0 Å². The number of para-hydroxylation sites is 1. The highest BCUT2D eigenvalue weighted by Crippen LogP contribution is 2.49. The van der Waals surface area contributed by atoms with Crippen molar-refractivity contribution in [1.29, 1.82) is 0 Å². The van der Waals surface area contributed by atoms with Crippen LogP contribution in [-0.4, -0.2) is 30.0 Å². The Hall–Kier alpha value is -3.19. The van der Waals surface area contributed by atoms with Crippen LogP contribution in [0.3, 0.4) is 0 Å². The Morgan fingerprint density at radius 1 is 1.10 bits per heavy atom. The van der Waals surface area contributed by atoms with Gasteiger partial charge in [-0.25, -0.2) is 5.01 Å². The number of hydrogen-bond acceptors (Lipinski definition) is 7. The van der Waals surface area contributed by atoms with Crippen molar-refractivity contribution < 1.29 is 19.3 Å². The lowest BCUT2D eigenvalue weighted by atomic mass is 9.97. The molecule has 2 atom stereocenters. The van der Waals surface area contributed by atoms with Gasteiger partial charge in [0.1, 0.15) is 5.75 Å². The summed E-state index contributed by atoms with van der Waals surface area (Å²) in [6.45, 7) is 0. The van der Waals surface area contributed by atoms with Crippen LogP contribution >= 0.6 is 11.3 Å². The molecule has 5 rings (SSSR count). The lowest BCUT2D eigenvalue weighted by Crippen LogP contribution is -2.33. The quantitative estimate of drug-likeness (QED) is 0.677. The van der Waals surface area contributed by atoms with Crippen LogP contribution in [0.1, 0.15) is 34.7 Å². The highest BCUT2D eigenvalue weighted by atomic mass is 32.1. The highest BCUT2D eigenvalue weighted by Gasteiger charge is 2.41. The number of thiophene rings is 1. The Balaban J connectivity index is 1.63. The van der Waals surface area contributed by atoms with E-state index in [0.717, 1.165) is 33.9 Å². The van der Waals surface area contributed by atoms with Crippen LogP contribution in [0.2, 0.25) is 0 Å². The maximum Gasteiger partial charge on any atom is 0.214 e. The van der Waals surface area contributed by atoms with Gasteiger partial charge < -0.3 is 19.3 Å². The van der Waals surface area contributed by atoms with Crippen LogP contribution in [-0.2, 0) is 0 Å². The van der Waals surface area contributed by atoms with Gasteiger partial charge >= 0.3 is 0 Å². The molecule has 7 heteroatoms. The summed E-state index contributed by atoms with van der Waals surface area (Å²) in [5.41, 5.74) is 2.97. The third-order valence-electron chi connectivity index (χ3n) is 5.29. The van der Waals surface area contributed by atoms with E-state index in [4.69, 9.17) is 19.3 Å². The molecule has 0 saturated carbocycles. The van der Waals surface area contributed by atoms with E-state index in [1.807, 2.05) is 29.3 Å². The van der Waals surface area contributed by atoms with Gasteiger partial charge in [-0.05, 0) is 29.6 Å². The molecule has 0 saturated heterocycles. The molecule has 148 valence electrons.